The lowest BCUT2D eigenvalue weighted by Crippen LogP contribution is -2.53. The van der Waals surface area contributed by atoms with E-state index in [1.54, 1.807) is 0 Å². The molecule has 0 aliphatic carbocycles. The highest BCUT2D eigenvalue weighted by atomic mass is 35.5. The molecule has 10 heteroatoms. The fourth-order valence-electron chi connectivity index (χ4n) is 3.05. The van der Waals surface area contributed by atoms with E-state index in [1.807, 2.05) is 0 Å². The van der Waals surface area contributed by atoms with Crippen molar-refractivity contribution in [2.24, 2.45) is 5.92 Å². The van der Waals surface area contributed by atoms with Crippen LogP contribution in [0.3, 0.4) is 0 Å². The lowest BCUT2D eigenvalue weighted by atomic mass is 9.71. The van der Waals surface area contributed by atoms with Gasteiger partial charge in [0.25, 0.3) is 0 Å². The zero-order valence-electron chi connectivity index (χ0n) is 11.9. The Morgan fingerprint density at radius 1 is 1.08 bits per heavy atom. The Labute approximate surface area is 149 Å². The summed E-state index contributed by atoms with van der Waals surface area (Å²) in [6, 6.07) is 1.60. The first-order chi connectivity index (χ1) is 10.8. The van der Waals surface area contributed by atoms with E-state index < -0.39 is 42.3 Å². The fourth-order valence-corrected chi connectivity index (χ4v) is 3.65. The molecule has 1 nitrogen and oxygen atoms in total. The molecular formula is C14H11Cl3F6N. The minimum absolute atomic E-state index is 0.195. The first-order valence-corrected chi connectivity index (χ1v) is 7.78. The monoisotopic (exact) mass is 412 g/mol. The SMILES string of the molecule is [CH2]CN1CC(C(F)(F)F)C(c2cc(Cl)c(Cl)c(Cl)c2)(C(F)(F)F)C1. The average molecular weight is 414 g/mol. The van der Waals surface area contributed by atoms with Crippen molar-refractivity contribution < 1.29 is 26.3 Å². The van der Waals surface area contributed by atoms with Crippen LogP contribution in [-0.4, -0.2) is 36.9 Å². The van der Waals surface area contributed by atoms with Crippen molar-refractivity contribution >= 4 is 34.8 Å². The zero-order valence-corrected chi connectivity index (χ0v) is 14.2. The van der Waals surface area contributed by atoms with Crippen LogP contribution in [0.2, 0.25) is 15.1 Å². The molecule has 1 heterocycles. The van der Waals surface area contributed by atoms with E-state index in [4.69, 9.17) is 34.8 Å². The molecule has 0 aromatic heterocycles. The van der Waals surface area contributed by atoms with Gasteiger partial charge in [0, 0.05) is 13.1 Å². The van der Waals surface area contributed by atoms with Gasteiger partial charge in [-0.15, -0.1) is 0 Å². The molecule has 1 fully saturated rings. The summed E-state index contributed by atoms with van der Waals surface area (Å²) >= 11 is 17.2. The second-order valence-electron chi connectivity index (χ2n) is 5.55. The summed E-state index contributed by atoms with van der Waals surface area (Å²) < 4.78 is 81.9. The van der Waals surface area contributed by atoms with E-state index in [-0.39, 0.29) is 21.6 Å². The highest BCUT2D eigenvalue weighted by Gasteiger charge is 2.70. The molecule has 2 rings (SSSR count). The fraction of sp³-hybridized carbons (Fsp3) is 0.500. The van der Waals surface area contributed by atoms with Gasteiger partial charge in [-0.25, -0.2) is 0 Å². The maximum Gasteiger partial charge on any atom is 0.400 e. The standard InChI is InChI=1S/C14H11Cl3F6N/c1-2-24-5-10(13(18,19)20)12(6-24,14(21,22)23)7-3-8(15)11(17)9(16)4-7/h3-4,10H,1-2,5-6H2. The predicted octanol–water partition coefficient (Wildman–Crippen LogP) is 5.78. The molecule has 0 N–H and O–H groups in total. The molecule has 1 aromatic rings. The van der Waals surface area contributed by atoms with E-state index in [9.17, 15) is 26.3 Å². The van der Waals surface area contributed by atoms with Crippen LogP contribution < -0.4 is 0 Å². The Balaban J connectivity index is 2.75. The second kappa shape index (κ2) is 6.41. The molecule has 1 aliphatic heterocycles. The Morgan fingerprint density at radius 3 is 1.96 bits per heavy atom. The largest absolute Gasteiger partial charge is 0.400 e. The topological polar surface area (TPSA) is 3.24 Å². The van der Waals surface area contributed by atoms with Crippen molar-refractivity contribution in [3.05, 3.63) is 39.7 Å². The zero-order chi connectivity index (χ0) is 18.5. The molecule has 0 amide bonds. The van der Waals surface area contributed by atoms with E-state index in [0.717, 1.165) is 17.0 Å². The van der Waals surface area contributed by atoms with E-state index in [1.165, 1.54) is 0 Å². The van der Waals surface area contributed by atoms with E-state index in [0.29, 0.717) is 0 Å². The van der Waals surface area contributed by atoms with Gasteiger partial charge in [-0.2, -0.15) is 26.3 Å². The van der Waals surface area contributed by atoms with Gasteiger partial charge in [0.05, 0.1) is 21.0 Å². The van der Waals surface area contributed by atoms with Crippen molar-refractivity contribution in [2.45, 2.75) is 17.8 Å². The maximum atomic E-state index is 13.9. The molecule has 1 saturated heterocycles. The normalized spacial score (nSPS) is 26.2. The van der Waals surface area contributed by atoms with Gasteiger partial charge in [-0.3, -0.25) is 0 Å². The van der Waals surface area contributed by atoms with Gasteiger partial charge in [-0.1, -0.05) is 34.8 Å². The molecule has 0 spiro atoms. The number of hydrogen-bond donors (Lipinski definition) is 0. The molecule has 1 radical (unpaired) electrons. The Morgan fingerprint density at radius 2 is 1.58 bits per heavy atom. The third-order valence-electron chi connectivity index (χ3n) is 4.22. The number of alkyl halides is 6. The summed E-state index contributed by atoms with van der Waals surface area (Å²) in [4.78, 5) is 1.00. The van der Waals surface area contributed by atoms with Gasteiger partial charge in [-0.05, 0) is 31.2 Å². The van der Waals surface area contributed by atoms with Crippen molar-refractivity contribution in [3.8, 4) is 0 Å². The minimum Gasteiger partial charge on any atom is -0.301 e. The molecule has 2 unspecified atom stereocenters. The van der Waals surface area contributed by atoms with Crippen LogP contribution in [0, 0.1) is 12.8 Å². The highest BCUT2D eigenvalue weighted by molar-refractivity contribution is 6.48. The summed E-state index contributed by atoms with van der Waals surface area (Å²) in [7, 11) is 0. The third kappa shape index (κ3) is 3.20. The van der Waals surface area contributed by atoms with Crippen LogP contribution >= 0.6 is 34.8 Å². The van der Waals surface area contributed by atoms with E-state index >= 15 is 0 Å². The van der Waals surface area contributed by atoms with E-state index in [2.05, 4.69) is 6.92 Å². The van der Waals surface area contributed by atoms with Crippen LogP contribution in [0.4, 0.5) is 26.3 Å². The molecule has 24 heavy (non-hydrogen) atoms. The predicted molar refractivity (Wildman–Crippen MR) is 80.5 cm³/mol. The molecule has 2 atom stereocenters. The summed E-state index contributed by atoms with van der Waals surface area (Å²) in [5, 5.41) is -0.886. The van der Waals surface area contributed by atoms with Gasteiger partial charge in [0.1, 0.15) is 5.41 Å². The molecule has 135 valence electrons. The number of hydrogen-bond acceptors (Lipinski definition) is 1. The smallest absolute Gasteiger partial charge is 0.301 e. The minimum atomic E-state index is -5.18. The summed E-state index contributed by atoms with van der Waals surface area (Å²) in [6.07, 6.45) is -10.3. The van der Waals surface area contributed by atoms with Crippen LogP contribution in [0.5, 0.6) is 0 Å². The number of rotatable bonds is 2. The van der Waals surface area contributed by atoms with Crippen LogP contribution in [0.1, 0.15) is 5.56 Å². The lowest BCUT2D eigenvalue weighted by Gasteiger charge is -2.38. The summed E-state index contributed by atoms with van der Waals surface area (Å²) in [6.45, 7) is 1.49. The number of likely N-dealkylation sites (tertiary alicyclic amines) is 1. The lowest BCUT2D eigenvalue weighted by molar-refractivity contribution is -0.254. The molecule has 1 aromatic carbocycles. The highest BCUT2D eigenvalue weighted by Crippen LogP contribution is 2.56. The summed E-state index contributed by atoms with van der Waals surface area (Å²) in [5.74, 6) is -2.67. The Hall–Kier alpha value is -0.370. The first kappa shape index (κ1) is 19.9. The molecule has 0 saturated carbocycles. The van der Waals surface area contributed by atoms with Crippen LogP contribution in [-0.2, 0) is 5.41 Å². The maximum absolute atomic E-state index is 13.9. The third-order valence-corrected chi connectivity index (χ3v) is 5.42. The van der Waals surface area contributed by atoms with Gasteiger partial charge >= 0.3 is 12.4 Å². The summed E-state index contributed by atoms with van der Waals surface area (Å²) in [5.41, 5.74) is -3.85. The quantitative estimate of drug-likeness (QED) is 0.439. The van der Waals surface area contributed by atoms with Gasteiger partial charge in [0.2, 0.25) is 0 Å². The van der Waals surface area contributed by atoms with Crippen molar-refractivity contribution in [1.29, 1.82) is 0 Å². The molecule has 0 bridgehead atoms. The Bertz CT molecular complexity index is 607. The van der Waals surface area contributed by atoms with Gasteiger partial charge < -0.3 is 4.90 Å². The van der Waals surface area contributed by atoms with Crippen molar-refractivity contribution in [3.63, 3.8) is 0 Å². The second-order valence-corrected chi connectivity index (χ2v) is 6.74. The molecule has 1 aliphatic rings. The average Bonchev–Trinajstić information content (AvgIpc) is 2.85. The number of halogens is 9. The van der Waals surface area contributed by atoms with Crippen LogP contribution in [0.15, 0.2) is 12.1 Å². The number of benzene rings is 1. The molecular weight excluding hydrogens is 403 g/mol. The van der Waals surface area contributed by atoms with Crippen molar-refractivity contribution in [2.75, 3.05) is 19.6 Å². The van der Waals surface area contributed by atoms with Gasteiger partial charge in [0.15, 0.2) is 0 Å². The number of nitrogens with zero attached hydrogens (tertiary/aromatic N) is 1. The van der Waals surface area contributed by atoms with Crippen LogP contribution in [0.25, 0.3) is 0 Å². The van der Waals surface area contributed by atoms with Crippen molar-refractivity contribution in [1.82, 2.24) is 4.90 Å². The Kier molecular flexibility index (Phi) is 5.33. The first-order valence-electron chi connectivity index (χ1n) is 6.64.